The van der Waals surface area contributed by atoms with Gasteiger partial charge in [-0.3, -0.25) is 9.78 Å². The summed E-state index contributed by atoms with van der Waals surface area (Å²) in [5.41, 5.74) is 0.324. The van der Waals surface area contributed by atoms with Gasteiger partial charge in [-0.2, -0.15) is 5.26 Å². The third-order valence-electron chi connectivity index (χ3n) is 1.44. The molecule has 4 nitrogen and oxygen atoms in total. The van der Waals surface area contributed by atoms with Crippen LogP contribution in [0.4, 0.5) is 0 Å². The number of amides is 1. The average molecular weight is 175 g/mol. The molecule has 0 unspecified atom stereocenters. The van der Waals surface area contributed by atoms with Gasteiger partial charge in [-0.1, -0.05) is 6.07 Å². The fourth-order valence-corrected chi connectivity index (χ4v) is 0.800. The van der Waals surface area contributed by atoms with Crippen molar-refractivity contribution in [1.29, 1.82) is 5.26 Å². The van der Waals surface area contributed by atoms with E-state index >= 15 is 0 Å². The third-order valence-corrected chi connectivity index (χ3v) is 1.44. The number of pyridine rings is 1. The molecule has 1 rings (SSSR count). The van der Waals surface area contributed by atoms with Crippen LogP contribution in [-0.2, 0) is 0 Å². The van der Waals surface area contributed by atoms with Gasteiger partial charge in [-0.25, -0.2) is 0 Å². The van der Waals surface area contributed by atoms with Crippen LogP contribution >= 0.6 is 0 Å². The van der Waals surface area contributed by atoms with Crippen molar-refractivity contribution < 1.29 is 4.79 Å². The van der Waals surface area contributed by atoms with Crippen molar-refractivity contribution in [2.45, 2.75) is 13.0 Å². The zero-order valence-corrected chi connectivity index (χ0v) is 7.19. The number of aromatic nitrogens is 1. The van der Waals surface area contributed by atoms with Gasteiger partial charge in [0.15, 0.2) is 0 Å². The second-order valence-corrected chi connectivity index (χ2v) is 2.54. The van der Waals surface area contributed by atoms with Gasteiger partial charge < -0.3 is 5.32 Å². The molecule has 0 aliphatic heterocycles. The predicted octanol–water partition coefficient (Wildman–Crippen LogP) is 0.723. The van der Waals surface area contributed by atoms with E-state index in [2.05, 4.69) is 10.3 Å². The van der Waals surface area contributed by atoms with Crippen LogP contribution in [0.5, 0.6) is 0 Å². The summed E-state index contributed by atoms with van der Waals surface area (Å²) in [6.45, 7) is 1.61. The van der Waals surface area contributed by atoms with Crippen LogP contribution in [0.15, 0.2) is 24.4 Å². The molecule has 0 fully saturated rings. The highest BCUT2D eigenvalue weighted by molar-refractivity contribution is 5.92. The summed E-state index contributed by atoms with van der Waals surface area (Å²) in [4.78, 5) is 15.1. The maximum absolute atomic E-state index is 11.3. The van der Waals surface area contributed by atoms with E-state index in [4.69, 9.17) is 5.26 Å². The van der Waals surface area contributed by atoms with E-state index in [1.54, 1.807) is 25.1 Å². The zero-order valence-electron chi connectivity index (χ0n) is 7.19. The first-order valence-corrected chi connectivity index (χ1v) is 3.85. The fraction of sp³-hybridized carbons (Fsp3) is 0.222. The topological polar surface area (TPSA) is 65.8 Å². The lowest BCUT2D eigenvalue weighted by atomic mass is 10.3. The minimum atomic E-state index is -0.491. The summed E-state index contributed by atoms with van der Waals surface area (Å²) in [5, 5.41) is 10.9. The van der Waals surface area contributed by atoms with Crippen molar-refractivity contribution in [2.75, 3.05) is 0 Å². The van der Waals surface area contributed by atoms with Gasteiger partial charge >= 0.3 is 0 Å². The minimum absolute atomic E-state index is 0.324. The smallest absolute Gasteiger partial charge is 0.270 e. The summed E-state index contributed by atoms with van der Waals surface area (Å²) in [7, 11) is 0. The van der Waals surface area contributed by atoms with Gasteiger partial charge in [0.05, 0.1) is 6.07 Å². The Labute approximate surface area is 76.2 Å². The Morgan fingerprint density at radius 3 is 3.00 bits per heavy atom. The van der Waals surface area contributed by atoms with Crippen LogP contribution < -0.4 is 5.32 Å². The molecule has 66 valence electrons. The summed E-state index contributed by atoms with van der Waals surface area (Å²) in [6.07, 6.45) is 1.53. The summed E-state index contributed by atoms with van der Waals surface area (Å²) in [6, 6.07) is 6.46. The molecule has 0 aliphatic rings. The average Bonchev–Trinajstić information content (AvgIpc) is 2.19. The van der Waals surface area contributed by atoms with E-state index in [0.717, 1.165) is 0 Å². The number of hydrogen-bond acceptors (Lipinski definition) is 3. The van der Waals surface area contributed by atoms with E-state index in [0.29, 0.717) is 5.69 Å². The van der Waals surface area contributed by atoms with Crippen molar-refractivity contribution in [3.05, 3.63) is 30.1 Å². The largest absolute Gasteiger partial charge is 0.335 e. The Bertz CT molecular complexity index is 328. The SMILES string of the molecule is C[C@@H](C#N)NC(=O)c1ccccn1. The number of rotatable bonds is 2. The van der Waals surface area contributed by atoms with E-state index < -0.39 is 6.04 Å². The maximum Gasteiger partial charge on any atom is 0.270 e. The molecule has 1 atom stereocenters. The van der Waals surface area contributed by atoms with Crippen LogP contribution in [0.1, 0.15) is 17.4 Å². The van der Waals surface area contributed by atoms with Crippen LogP contribution in [0.3, 0.4) is 0 Å². The molecule has 0 aliphatic carbocycles. The number of nitriles is 1. The van der Waals surface area contributed by atoms with Crippen LogP contribution in [-0.4, -0.2) is 16.9 Å². The number of carbonyl (C=O) groups is 1. The van der Waals surface area contributed by atoms with Gasteiger partial charge in [-0.15, -0.1) is 0 Å². The highest BCUT2D eigenvalue weighted by atomic mass is 16.1. The van der Waals surface area contributed by atoms with Gasteiger partial charge in [0.25, 0.3) is 5.91 Å². The second kappa shape index (κ2) is 4.21. The lowest BCUT2D eigenvalue weighted by Gasteiger charge is -2.04. The lowest BCUT2D eigenvalue weighted by molar-refractivity contribution is 0.0943. The molecule has 1 N–H and O–H groups in total. The molecule has 0 bridgehead atoms. The van der Waals surface area contributed by atoms with Crippen molar-refractivity contribution >= 4 is 5.91 Å². The van der Waals surface area contributed by atoms with Gasteiger partial charge in [0.2, 0.25) is 0 Å². The lowest BCUT2D eigenvalue weighted by Crippen LogP contribution is -2.31. The molecule has 13 heavy (non-hydrogen) atoms. The van der Waals surface area contributed by atoms with E-state index in [9.17, 15) is 4.79 Å². The van der Waals surface area contributed by atoms with Crippen LogP contribution in [0.2, 0.25) is 0 Å². The molecule has 1 aromatic rings. The molecular formula is C9H9N3O. The Morgan fingerprint density at radius 1 is 1.69 bits per heavy atom. The number of carbonyl (C=O) groups excluding carboxylic acids is 1. The molecule has 4 heteroatoms. The standard InChI is InChI=1S/C9H9N3O/c1-7(6-10)12-9(13)8-4-2-3-5-11-8/h2-5,7H,1H3,(H,12,13)/t7-/m0/s1. The van der Waals surface area contributed by atoms with Gasteiger partial charge in [-0.05, 0) is 19.1 Å². The highest BCUT2D eigenvalue weighted by Crippen LogP contribution is 1.93. The second-order valence-electron chi connectivity index (χ2n) is 2.54. The summed E-state index contributed by atoms with van der Waals surface area (Å²) in [5.74, 6) is -0.324. The van der Waals surface area contributed by atoms with Crippen molar-refractivity contribution in [2.24, 2.45) is 0 Å². The monoisotopic (exact) mass is 175 g/mol. The summed E-state index contributed by atoms with van der Waals surface area (Å²) >= 11 is 0. The molecule has 0 aromatic carbocycles. The van der Waals surface area contributed by atoms with Crippen molar-refractivity contribution in [3.63, 3.8) is 0 Å². The minimum Gasteiger partial charge on any atom is -0.335 e. The number of nitrogens with one attached hydrogen (secondary N) is 1. The molecule has 0 saturated heterocycles. The Balaban J connectivity index is 2.66. The zero-order chi connectivity index (χ0) is 9.68. The molecule has 1 heterocycles. The van der Waals surface area contributed by atoms with Crippen LogP contribution in [0.25, 0.3) is 0 Å². The van der Waals surface area contributed by atoms with Gasteiger partial charge in [0, 0.05) is 6.20 Å². The first-order valence-electron chi connectivity index (χ1n) is 3.85. The normalized spacial score (nSPS) is 11.4. The first kappa shape index (κ1) is 9.20. The molecule has 0 saturated carbocycles. The molecule has 0 spiro atoms. The highest BCUT2D eigenvalue weighted by Gasteiger charge is 2.08. The maximum atomic E-state index is 11.3. The van der Waals surface area contributed by atoms with Gasteiger partial charge in [0.1, 0.15) is 11.7 Å². The van der Waals surface area contributed by atoms with Crippen molar-refractivity contribution in [3.8, 4) is 6.07 Å². The molecule has 1 aromatic heterocycles. The molecule has 0 radical (unpaired) electrons. The Kier molecular flexibility index (Phi) is 2.98. The number of hydrogen-bond donors (Lipinski definition) is 1. The first-order chi connectivity index (χ1) is 6.24. The Hall–Kier alpha value is -1.89. The van der Waals surface area contributed by atoms with E-state index in [1.165, 1.54) is 6.20 Å². The Morgan fingerprint density at radius 2 is 2.46 bits per heavy atom. The van der Waals surface area contributed by atoms with E-state index in [-0.39, 0.29) is 5.91 Å². The fourth-order valence-electron chi connectivity index (χ4n) is 0.800. The quantitative estimate of drug-likeness (QED) is 0.720. The molecular weight excluding hydrogens is 166 g/mol. The third kappa shape index (κ3) is 2.56. The van der Waals surface area contributed by atoms with E-state index in [1.807, 2.05) is 6.07 Å². The number of nitrogens with zero attached hydrogens (tertiary/aromatic N) is 2. The summed E-state index contributed by atoms with van der Waals surface area (Å²) < 4.78 is 0. The molecule has 1 amide bonds. The van der Waals surface area contributed by atoms with Crippen LogP contribution in [0, 0.1) is 11.3 Å². The van der Waals surface area contributed by atoms with Crippen molar-refractivity contribution in [1.82, 2.24) is 10.3 Å². The predicted molar refractivity (Wildman–Crippen MR) is 46.8 cm³/mol.